The fourth-order valence-electron chi connectivity index (χ4n) is 0.587. The fraction of sp³-hybridized carbons (Fsp3) is 0.400. The van der Waals surface area contributed by atoms with Crippen molar-refractivity contribution < 1.29 is 9.13 Å². The van der Waals surface area contributed by atoms with Gasteiger partial charge in [-0.2, -0.15) is 9.13 Å². The molecule has 0 amide bonds. The molecule has 3 heteroatoms. The van der Waals surface area contributed by atoms with Crippen LogP contribution in [-0.2, 0) is 14.1 Å². The Bertz CT molecular complexity index is 168. The molecule has 0 N–H and O–H groups in total. The molecule has 0 spiro atoms. The lowest BCUT2D eigenvalue weighted by Gasteiger charge is -1.79. The lowest BCUT2D eigenvalue weighted by atomic mass is 10.9. The van der Waals surface area contributed by atoms with Gasteiger partial charge in [-0.1, -0.05) is 0 Å². The minimum Gasteiger partial charge on any atom is -0.166 e. The summed E-state index contributed by atoms with van der Waals surface area (Å²) in [6.45, 7) is 0. The Labute approximate surface area is 48.2 Å². The van der Waals surface area contributed by atoms with Crippen molar-refractivity contribution in [2.24, 2.45) is 14.1 Å². The smallest absolute Gasteiger partial charge is 0.166 e. The summed E-state index contributed by atoms with van der Waals surface area (Å²) in [5, 5.41) is 0. The van der Waals surface area contributed by atoms with E-state index < -0.39 is 0 Å². The summed E-state index contributed by atoms with van der Waals surface area (Å²) in [5.74, 6) is 0. The normalized spacial score (nSPS) is 9.25. The molecular weight excluding hydrogens is 102 g/mol. The Hall–Kier alpha value is -0.990. The molecule has 1 aromatic heterocycles. The number of hydrogen-bond acceptors (Lipinski definition) is 1. The maximum Gasteiger partial charge on any atom is 0.357 e. The van der Waals surface area contributed by atoms with E-state index in [1.807, 2.05) is 29.6 Å². The average molecular weight is 111 g/mol. The number of aryl methyl sites for hydroxylation is 2. The highest BCUT2D eigenvalue weighted by Crippen LogP contribution is 1.52. The van der Waals surface area contributed by atoms with Gasteiger partial charge in [-0.05, 0) is 0 Å². The molecule has 1 rings (SSSR count). The van der Waals surface area contributed by atoms with Crippen molar-refractivity contribution in [3.05, 3.63) is 19.0 Å². The largest absolute Gasteiger partial charge is 0.357 e. The first kappa shape index (κ1) is 5.15. The first-order valence-corrected chi connectivity index (χ1v) is 2.44. The van der Waals surface area contributed by atoms with Crippen LogP contribution >= 0.6 is 0 Å². The van der Waals surface area contributed by atoms with E-state index in [1.165, 1.54) is 0 Å². The molecular formula is C5H9N3+2. The van der Waals surface area contributed by atoms with E-state index in [4.69, 9.17) is 0 Å². The monoisotopic (exact) mass is 111 g/mol. The third-order valence-corrected chi connectivity index (χ3v) is 0.862. The molecule has 0 radical (unpaired) electrons. The summed E-state index contributed by atoms with van der Waals surface area (Å²) in [6.07, 6.45) is 5.44. The molecule has 1 heterocycles. The van der Waals surface area contributed by atoms with E-state index >= 15 is 0 Å². The molecule has 0 unspecified atom stereocenters. The maximum absolute atomic E-state index is 3.91. The van der Waals surface area contributed by atoms with Crippen molar-refractivity contribution in [3.63, 3.8) is 0 Å². The molecule has 0 saturated heterocycles. The molecule has 1 aromatic rings. The second-order valence-corrected chi connectivity index (χ2v) is 1.83. The van der Waals surface area contributed by atoms with E-state index in [9.17, 15) is 0 Å². The van der Waals surface area contributed by atoms with Gasteiger partial charge in [-0.3, -0.25) is 0 Å². The zero-order valence-corrected chi connectivity index (χ0v) is 5.07. The predicted octanol–water partition coefficient (Wildman–Crippen LogP) is -1.27. The van der Waals surface area contributed by atoms with Crippen molar-refractivity contribution in [1.82, 2.24) is 4.98 Å². The maximum atomic E-state index is 3.91. The minimum atomic E-state index is 1.75. The van der Waals surface area contributed by atoms with Gasteiger partial charge in [-0.15, -0.1) is 0 Å². The van der Waals surface area contributed by atoms with Crippen LogP contribution in [0.2, 0.25) is 0 Å². The van der Waals surface area contributed by atoms with Crippen LogP contribution in [0.15, 0.2) is 19.0 Å². The Kier molecular flexibility index (Phi) is 1.20. The standard InChI is InChI=1S/C5H9N3/c1-7-3-6-4-8(2)5-7/h3-5H,1-2H3/q+2. The third-order valence-electron chi connectivity index (χ3n) is 0.862. The van der Waals surface area contributed by atoms with Crippen molar-refractivity contribution in [2.45, 2.75) is 0 Å². The van der Waals surface area contributed by atoms with Crippen molar-refractivity contribution in [2.75, 3.05) is 0 Å². The number of aromatic nitrogens is 3. The number of rotatable bonds is 0. The topological polar surface area (TPSA) is 20.6 Å². The van der Waals surface area contributed by atoms with Gasteiger partial charge in [0.25, 0.3) is 0 Å². The molecule has 3 nitrogen and oxygen atoms in total. The summed E-state index contributed by atoms with van der Waals surface area (Å²) in [6, 6.07) is 0. The molecule has 42 valence electrons. The van der Waals surface area contributed by atoms with Crippen LogP contribution in [0.5, 0.6) is 0 Å². The summed E-state index contributed by atoms with van der Waals surface area (Å²) in [5.41, 5.74) is 0. The van der Waals surface area contributed by atoms with Crippen LogP contribution in [0.25, 0.3) is 0 Å². The van der Waals surface area contributed by atoms with Gasteiger partial charge < -0.3 is 0 Å². The van der Waals surface area contributed by atoms with E-state index in [-0.39, 0.29) is 0 Å². The van der Waals surface area contributed by atoms with Crippen LogP contribution in [0.4, 0.5) is 0 Å². The molecule has 0 aliphatic heterocycles. The summed E-state index contributed by atoms with van der Waals surface area (Å²) >= 11 is 0. The first-order valence-electron chi connectivity index (χ1n) is 2.44. The van der Waals surface area contributed by atoms with Crippen molar-refractivity contribution in [1.29, 1.82) is 0 Å². The molecule has 8 heavy (non-hydrogen) atoms. The summed E-state index contributed by atoms with van der Waals surface area (Å²) < 4.78 is 3.78. The molecule has 0 aromatic carbocycles. The molecule has 0 saturated carbocycles. The van der Waals surface area contributed by atoms with Crippen molar-refractivity contribution >= 4 is 0 Å². The van der Waals surface area contributed by atoms with Crippen molar-refractivity contribution in [3.8, 4) is 0 Å². The summed E-state index contributed by atoms with van der Waals surface area (Å²) in [4.78, 5) is 3.91. The molecule has 0 atom stereocenters. The Balaban J connectivity index is 3.08. The Morgan fingerprint density at radius 2 is 1.62 bits per heavy atom. The SMILES string of the molecule is C[n+]1cnc[n+](C)c1. The summed E-state index contributed by atoms with van der Waals surface area (Å²) in [7, 11) is 3.88. The van der Waals surface area contributed by atoms with E-state index in [0.717, 1.165) is 0 Å². The number of hydrogen-bond donors (Lipinski definition) is 0. The van der Waals surface area contributed by atoms with Gasteiger partial charge in [0.15, 0.2) is 0 Å². The quantitative estimate of drug-likeness (QED) is 0.382. The zero-order valence-electron chi connectivity index (χ0n) is 5.07. The van der Waals surface area contributed by atoms with Gasteiger partial charge in [0.2, 0.25) is 0 Å². The Morgan fingerprint density at radius 3 is 1.88 bits per heavy atom. The second-order valence-electron chi connectivity index (χ2n) is 1.83. The number of nitrogens with zero attached hydrogens (tertiary/aromatic N) is 3. The third kappa shape index (κ3) is 0.992. The first-order chi connectivity index (χ1) is 3.79. The van der Waals surface area contributed by atoms with Gasteiger partial charge >= 0.3 is 19.0 Å². The zero-order chi connectivity index (χ0) is 5.98. The van der Waals surface area contributed by atoms with Gasteiger partial charge in [-0.25, -0.2) is 0 Å². The molecule has 0 bridgehead atoms. The van der Waals surface area contributed by atoms with Gasteiger partial charge in [0.1, 0.15) is 14.1 Å². The van der Waals surface area contributed by atoms with Gasteiger partial charge in [0.05, 0.1) is 4.98 Å². The minimum absolute atomic E-state index is 1.75. The highest BCUT2D eigenvalue weighted by molar-refractivity contribution is 4.28. The lowest BCUT2D eigenvalue weighted by Crippen LogP contribution is -2.42. The average Bonchev–Trinajstić information content (AvgIpc) is 1.64. The van der Waals surface area contributed by atoms with Crippen LogP contribution in [0, 0.1) is 0 Å². The second kappa shape index (κ2) is 1.86. The van der Waals surface area contributed by atoms with Crippen LogP contribution in [0.1, 0.15) is 0 Å². The van der Waals surface area contributed by atoms with Crippen LogP contribution in [0.3, 0.4) is 0 Å². The van der Waals surface area contributed by atoms with Crippen LogP contribution < -0.4 is 9.13 Å². The molecule has 0 fully saturated rings. The Morgan fingerprint density at radius 1 is 1.12 bits per heavy atom. The van der Waals surface area contributed by atoms with Crippen LogP contribution in [-0.4, -0.2) is 4.98 Å². The van der Waals surface area contributed by atoms with E-state index in [0.29, 0.717) is 0 Å². The molecule has 0 aliphatic rings. The molecule has 0 aliphatic carbocycles. The highest BCUT2D eigenvalue weighted by atomic mass is 15.1. The van der Waals surface area contributed by atoms with E-state index in [1.54, 1.807) is 12.7 Å². The predicted molar refractivity (Wildman–Crippen MR) is 26.6 cm³/mol. The highest BCUT2D eigenvalue weighted by Gasteiger charge is 1.95. The lowest BCUT2D eigenvalue weighted by molar-refractivity contribution is -0.809. The van der Waals surface area contributed by atoms with Gasteiger partial charge in [0, 0.05) is 0 Å². The fourth-order valence-corrected chi connectivity index (χ4v) is 0.587. The van der Waals surface area contributed by atoms with E-state index in [2.05, 4.69) is 4.98 Å².